The summed E-state index contributed by atoms with van der Waals surface area (Å²) in [6, 6.07) is 10.6. The Morgan fingerprint density at radius 1 is 0.914 bits per heavy atom. The molecule has 0 unspecified atom stereocenters. The van der Waals surface area contributed by atoms with Crippen LogP contribution < -0.4 is 14.4 Å². The maximum atomic E-state index is 13.5. The second-order valence-corrected chi connectivity index (χ2v) is 8.00. The van der Waals surface area contributed by atoms with E-state index in [1.165, 1.54) is 0 Å². The van der Waals surface area contributed by atoms with Crippen LogP contribution in [0.2, 0.25) is 0 Å². The third-order valence-corrected chi connectivity index (χ3v) is 5.57. The van der Waals surface area contributed by atoms with Crippen molar-refractivity contribution in [3.05, 3.63) is 64.2 Å². The van der Waals surface area contributed by atoms with Crippen LogP contribution in [0.25, 0.3) is 0 Å². The smallest absolute Gasteiger partial charge is 0.294 e. The second kappa shape index (κ2) is 13.3. The summed E-state index contributed by atoms with van der Waals surface area (Å²) in [6.45, 7) is 3.02. The summed E-state index contributed by atoms with van der Waals surface area (Å²) in [7, 11) is 0. The van der Waals surface area contributed by atoms with Crippen molar-refractivity contribution in [2.45, 2.75) is 25.7 Å². The van der Waals surface area contributed by atoms with E-state index < -0.39 is 16.7 Å². The van der Waals surface area contributed by atoms with Crippen molar-refractivity contribution in [2.24, 2.45) is 0 Å². The fourth-order valence-electron chi connectivity index (χ4n) is 3.72. The van der Waals surface area contributed by atoms with Crippen LogP contribution in [-0.2, 0) is 9.63 Å². The first-order chi connectivity index (χ1) is 16.9. The van der Waals surface area contributed by atoms with Gasteiger partial charge in [0, 0.05) is 44.4 Å². The number of piperazine rings is 1. The first-order valence-corrected chi connectivity index (χ1v) is 11.5. The predicted molar refractivity (Wildman–Crippen MR) is 124 cm³/mol. The van der Waals surface area contributed by atoms with Crippen LogP contribution in [0.15, 0.2) is 42.5 Å². The van der Waals surface area contributed by atoms with Crippen LogP contribution in [0.1, 0.15) is 25.7 Å². The quantitative estimate of drug-likeness (QED) is 0.238. The number of carbonyl (C=O) groups is 1. The van der Waals surface area contributed by atoms with E-state index in [4.69, 9.17) is 9.47 Å². The number of amides is 1. The Balaban J connectivity index is 1.32. The zero-order valence-corrected chi connectivity index (χ0v) is 19.4. The van der Waals surface area contributed by atoms with E-state index in [2.05, 4.69) is 9.74 Å². The van der Waals surface area contributed by atoms with E-state index in [1.807, 2.05) is 29.2 Å². The number of hydrogen-bond acceptors (Lipinski definition) is 7. The molecule has 1 fully saturated rings. The molecule has 2 aromatic rings. The average molecular weight is 494 g/mol. The zero-order chi connectivity index (χ0) is 25.0. The van der Waals surface area contributed by atoms with Gasteiger partial charge in [0.15, 0.2) is 11.6 Å². The molecule has 9 nitrogen and oxygen atoms in total. The van der Waals surface area contributed by atoms with Gasteiger partial charge in [-0.1, -0.05) is 6.42 Å². The van der Waals surface area contributed by atoms with Crippen molar-refractivity contribution in [3.8, 4) is 11.5 Å². The summed E-state index contributed by atoms with van der Waals surface area (Å²) in [5.41, 5.74) is 1.02. The van der Waals surface area contributed by atoms with Crippen molar-refractivity contribution in [1.82, 2.24) is 4.90 Å². The second-order valence-electron chi connectivity index (χ2n) is 8.00. The van der Waals surface area contributed by atoms with Gasteiger partial charge in [-0.2, -0.15) is 0 Å². The number of rotatable bonds is 13. The van der Waals surface area contributed by atoms with Gasteiger partial charge in [0.25, 0.3) is 5.09 Å². The molecule has 35 heavy (non-hydrogen) atoms. The van der Waals surface area contributed by atoms with Gasteiger partial charge in [0.05, 0.1) is 6.61 Å². The molecule has 2 aromatic carbocycles. The van der Waals surface area contributed by atoms with Gasteiger partial charge in [-0.15, -0.1) is 10.1 Å². The van der Waals surface area contributed by atoms with Gasteiger partial charge in [-0.25, -0.2) is 8.78 Å². The van der Waals surface area contributed by atoms with E-state index in [9.17, 15) is 23.7 Å². The number of anilines is 1. The number of halogens is 2. The Morgan fingerprint density at radius 3 is 2.34 bits per heavy atom. The van der Waals surface area contributed by atoms with Crippen molar-refractivity contribution < 1.29 is 33.0 Å². The number of unbranched alkanes of at least 4 members (excludes halogenated alkanes) is 2. The Labute approximate surface area is 202 Å². The fraction of sp³-hybridized carbons (Fsp3) is 0.458. The monoisotopic (exact) mass is 493 g/mol. The molecule has 190 valence electrons. The number of benzene rings is 2. The maximum Gasteiger partial charge on any atom is 0.294 e. The molecule has 11 heteroatoms. The minimum absolute atomic E-state index is 0.0619. The molecule has 0 bridgehead atoms. The molecule has 1 aliphatic heterocycles. The number of ether oxygens (including phenoxy) is 2. The summed E-state index contributed by atoms with van der Waals surface area (Å²) in [5.74, 6) is -0.610. The summed E-state index contributed by atoms with van der Waals surface area (Å²) in [5, 5.41) is 9.29. The molecule has 1 heterocycles. The first-order valence-electron chi connectivity index (χ1n) is 11.5. The standard InChI is InChI=1S/C24H29F2N3O6/c25-19-5-10-22(26)23(18-19)34-17-16-33-21-8-6-20(7-9-21)27-11-13-28(14-12-27)24(30)4-2-1-3-15-35-29(31)32/h5-10,18H,1-4,11-17H2. The minimum atomic E-state index is -0.805. The first kappa shape index (κ1) is 26.0. The van der Waals surface area contributed by atoms with Crippen molar-refractivity contribution in [1.29, 1.82) is 0 Å². The Kier molecular flexibility index (Phi) is 9.88. The summed E-state index contributed by atoms with van der Waals surface area (Å²) in [4.78, 5) is 30.8. The summed E-state index contributed by atoms with van der Waals surface area (Å²) >= 11 is 0. The van der Waals surface area contributed by atoms with Crippen LogP contribution >= 0.6 is 0 Å². The molecule has 0 aliphatic carbocycles. The van der Waals surface area contributed by atoms with Gasteiger partial charge >= 0.3 is 0 Å². The molecular formula is C24H29F2N3O6. The normalized spacial score (nSPS) is 13.4. The van der Waals surface area contributed by atoms with E-state index in [0.29, 0.717) is 44.5 Å². The minimum Gasteiger partial charge on any atom is -0.490 e. The lowest BCUT2D eigenvalue weighted by Crippen LogP contribution is -2.48. The van der Waals surface area contributed by atoms with Crippen LogP contribution in [0.4, 0.5) is 14.5 Å². The molecule has 0 N–H and O–H groups in total. The van der Waals surface area contributed by atoms with E-state index in [1.54, 1.807) is 0 Å². The number of hydrogen-bond donors (Lipinski definition) is 0. The number of nitrogens with zero attached hydrogens (tertiary/aromatic N) is 3. The lowest BCUT2D eigenvalue weighted by molar-refractivity contribution is -0.757. The van der Waals surface area contributed by atoms with Crippen molar-refractivity contribution in [3.63, 3.8) is 0 Å². The molecule has 1 aliphatic rings. The molecule has 0 spiro atoms. The molecule has 1 saturated heterocycles. The van der Waals surface area contributed by atoms with Crippen molar-refractivity contribution >= 4 is 11.6 Å². The largest absolute Gasteiger partial charge is 0.490 e. The van der Waals surface area contributed by atoms with E-state index >= 15 is 0 Å². The third kappa shape index (κ3) is 8.58. The lowest BCUT2D eigenvalue weighted by atomic mass is 10.1. The zero-order valence-electron chi connectivity index (χ0n) is 19.4. The highest BCUT2D eigenvalue weighted by atomic mass is 19.1. The molecule has 0 aromatic heterocycles. The van der Waals surface area contributed by atoms with Crippen molar-refractivity contribution in [2.75, 3.05) is 50.9 Å². The van der Waals surface area contributed by atoms with Gasteiger partial charge in [0.2, 0.25) is 5.91 Å². The summed E-state index contributed by atoms with van der Waals surface area (Å²) < 4.78 is 37.5. The highest BCUT2D eigenvalue weighted by Gasteiger charge is 2.21. The Bertz CT molecular complexity index is 968. The van der Waals surface area contributed by atoms with Crippen LogP contribution in [0.3, 0.4) is 0 Å². The highest BCUT2D eigenvalue weighted by molar-refractivity contribution is 5.76. The lowest BCUT2D eigenvalue weighted by Gasteiger charge is -2.36. The average Bonchev–Trinajstić information content (AvgIpc) is 2.86. The highest BCUT2D eigenvalue weighted by Crippen LogP contribution is 2.22. The van der Waals surface area contributed by atoms with E-state index in [0.717, 1.165) is 37.0 Å². The summed E-state index contributed by atoms with van der Waals surface area (Å²) in [6.07, 6.45) is 2.38. The van der Waals surface area contributed by atoms with Crippen LogP contribution in [0.5, 0.6) is 11.5 Å². The third-order valence-electron chi connectivity index (χ3n) is 5.57. The molecule has 3 rings (SSSR count). The number of carbonyl (C=O) groups excluding carboxylic acids is 1. The fourth-order valence-corrected chi connectivity index (χ4v) is 3.72. The van der Waals surface area contributed by atoms with Crippen LogP contribution in [0, 0.1) is 21.7 Å². The van der Waals surface area contributed by atoms with E-state index in [-0.39, 0.29) is 31.5 Å². The van der Waals surface area contributed by atoms with Gasteiger partial charge in [-0.3, -0.25) is 4.79 Å². The maximum absolute atomic E-state index is 13.5. The van der Waals surface area contributed by atoms with Gasteiger partial charge in [-0.05, 0) is 49.2 Å². The van der Waals surface area contributed by atoms with Crippen LogP contribution in [-0.4, -0.2) is 61.9 Å². The Morgan fingerprint density at radius 2 is 1.63 bits per heavy atom. The molecule has 0 radical (unpaired) electrons. The van der Waals surface area contributed by atoms with Gasteiger partial charge in [0.1, 0.15) is 24.8 Å². The SMILES string of the molecule is O=C(CCCCCO[N+](=O)[O-])N1CCN(c2ccc(OCCOc3cc(F)ccc3F)cc2)CC1. The molecular weight excluding hydrogens is 464 g/mol. The van der Waals surface area contributed by atoms with Gasteiger partial charge < -0.3 is 24.1 Å². The molecule has 0 saturated carbocycles. The predicted octanol–water partition coefficient (Wildman–Crippen LogP) is 3.84. The topological polar surface area (TPSA) is 94.4 Å². The Hall–Kier alpha value is -3.63. The molecule has 1 amide bonds. The molecule has 0 atom stereocenters.